The second kappa shape index (κ2) is 6.25. The number of rotatable bonds is 5. The molecule has 1 amide bonds. The van der Waals surface area contributed by atoms with Crippen LogP contribution in [0.3, 0.4) is 0 Å². The summed E-state index contributed by atoms with van der Waals surface area (Å²) in [6.07, 6.45) is 0.168. The van der Waals surface area contributed by atoms with Gasteiger partial charge in [0, 0.05) is 0 Å². The van der Waals surface area contributed by atoms with Crippen LogP contribution < -0.4 is 10.2 Å². The molecule has 2 N–H and O–H groups in total. The largest absolute Gasteiger partial charge is 0.493 e. The van der Waals surface area contributed by atoms with Crippen molar-refractivity contribution in [1.29, 1.82) is 0 Å². The van der Waals surface area contributed by atoms with E-state index in [0.717, 1.165) is 16.9 Å². The van der Waals surface area contributed by atoms with Gasteiger partial charge < -0.3 is 4.74 Å². The first-order valence-corrected chi connectivity index (χ1v) is 5.68. The van der Waals surface area contributed by atoms with Crippen LogP contribution in [0.1, 0.15) is 25.0 Å². The molecule has 0 aliphatic rings. The van der Waals surface area contributed by atoms with Gasteiger partial charge in [-0.25, -0.2) is 5.48 Å². The van der Waals surface area contributed by atoms with Gasteiger partial charge >= 0.3 is 0 Å². The lowest BCUT2D eigenvalue weighted by Gasteiger charge is -2.12. The smallest absolute Gasteiger partial charge is 0.247 e. The molecule has 94 valence electrons. The highest BCUT2D eigenvalue weighted by atomic mass is 16.5. The summed E-state index contributed by atoms with van der Waals surface area (Å²) in [6.45, 7) is 6.80. The molecule has 17 heavy (non-hydrogen) atoms. The molecule has 0 fully saturated rings. The summed E-state index contributed by atoms with van der Waals surface area (Å²) in [4.78, 5) is 11.0. The van der Waals surface area contributed by atoms with Crippen LogP contribution in [-0.4, -0.2) is 17.7 Å². The summed E-state index contributed by atoms with van der Waals surface area (Å²) in [5.41, 5.74) is 3.46. The van der Waals surface area contributed by atoms with Gasteiger partial charge in [-0.1, -0.05) is 26.0 Å². The summed E-state index contributed by atoms with van der Waals surface area (Å²) in [6, 6.07) is 5.58. The number of hydrogen-bond donors (Lipinski definition) is 2. The van der Waals surface area contributed by atoms with Crippen molar-refractivity contribution >= 4 is 5.91 Å². The molecule has 0 unspecified atom stereocenters. The van der Waals surface area contributed by atoms with Gasteiger partial charge in [0.05, 0.1) is 13.0 Å². The lowest BCUT2D eigenvalue weighted by molar-refractivity contribution is -0.128. The standard InChI is InChI=1S/C13H19NO3/c1-9(2)8-17-12-5-4-11(6-10(12)3)7-13(15)14-16/h4-6,9,16H,7-8H2,1-3H3,(H,14,15). The minimum absolute atomic E-state index is 0.168. The zero-order chi connectivity index (χ0) is 12.8. The number of hydroxylamine groups is 1. The number of hydrogen-bond acceptors (Lipinski definition) is 3. The predicted molar refractivity (Wildman–Crippen MR) is 65.1 cm³/mol. The molecule has 0 radical (unpaired) electrons. The number of nitrogens with one attached hydrogen (secondary N) is 1. The Morgan fingerprint density at radius 3 is 2.71 bits per heavy atom. The van der Waals surface area contributed by atoms with E-state index in [1.807, 2.05) is 25.1 Å². The molecule has 0 heterocycles. The van der Waals surface area contributed by atoms with Gasteiger partial charge in [-0.05, 0) is 30.0 Å². The third-order valence-electron chi connectivity index (χ3n) is 2.30. The fourth-order valence-corrected chi connectivity index (χ4v) is 1.46. The number of aryl methyl sites for hydroxylation is 1. The number of ether oxygens (including phenoxy) is 1. The summed E-state index contributed by atoms with van der Waals surface area (Å²) >= 11 is 0. The van der Waals surface area contributed by atoms with Crippen LogP contribution in [0.4, 0.5) is 0 Å². The van der Waals surface area contributed by atoms with Crippen molar-refractivity contribution < 1.29 is 14.7 Å². The van der Waals surface area contributed by atoms with Crippen molar-refractivity contribution in [1.82, 2.24) is 5.48 Å². The first-order chi connectivity index (χ1) is 8.02. The highest BCUT2D eigenvalue weighted by molar-refractivity contribution is 5.77. The Bertz CT molecular complexity index is 388. The molecule has 0 atom stereocenters. The van der Waals surface area contributed by atoms with E-state index >= 15 is 0 Å². The molecule has 1 aromatic rings. The summed E-state index contributed by atoms with van der Waals surface area (Å²) in [5.74, 6) is 0.904. The van der Waals surface area contributed by atoms with Crippen LogP contribution in [0, 0.1) is 12.8 Å². The Morgan fingerprint density at radius 2 is 2.18 bits per heavy atom. The van der Waals surface area contributed by atoms with Gasteiger partial charge in [0.1, 0.15) is 5.75 Å². The van der Waals surface area contributed by atoms with Crippen molar-refractivity contribution in [2.24, 2.45) is 5.92 Å². The molecule has 0 aromatic heterocycles. The SMILES string of the molecule is Cc1cc(CC(=O)NO)ccc1OCC(C)C. The number of amides is 1. The molecule has 0 saturated heterocycles. The second-order valence-electron chi connectivity index (χ2n) is 4.52. The van der Waals surface area contributed by atoms with E-state index in [1.54, 1.807) is 5.48 Å². The number of benzene rings is 1. The molecule has 0 saturated carbocycles. The normalized spacial score (nSPS) is 10.4. The highest BCUT2D eigenvalue weighted by Gasteiger charge is 2.05. The molecular weight excluding hydrogens is 218 g/mol. The zero-order valence-electron chi connectivity index (χ0n) is 10.5. The van der Waals surface area contributed by atoms with Crippen LogP contribution in [0.2, 0.25) is 0 Å². The van der Waals surface area contributed by atoms with Gasteiger partial charge in [-0.15, -0.1) is 0 Å². The molecular formula is C13H19NO3. The first-order valence-electron chi connectivity index (χ1n) is 5.68. The summed E-state index contributed by atoms with van der Waals surface area (Å²) < 4.78 is 5.63. The Morgan fingerprint density at radius 1 is 1.47 bits per heavy atom. The van der Waals surface area contributed by atoms with Gasteiger partial charge in [-0.2, -0.15) is 0 Å². The van der Waals surface area contributed by atoms with E-state index in [4.69, 9.17) is 9.94 Å². The average Bonchev–Trinajstić information content (AvgIpc) is 2.27. The van der Waals surface area contributed by atoms with E-state index in [1.165, 1.54) is 0 Å². The second-order valence-corrected chi connectivity index (χ2v) is 4.52. The van der Waals surface area contributed by atoms with E-state index < -0.39 is 5.91 Å². The van der Waals surface area contributed by atoms with Gasteiger partial charge in [-0.3, -0.25) is 10.0 Å². The number of carbonyl (C=O) groups excluding carboxylic acids is 1. The van der Waals surface area contributed by atoms with E-state index in [2.05, 4.69) is 13.8 Å². The molecule has 0 aliphatic carbocycles. The van der Waals surface area contributed by atoms with Crippen molar-refractivity contribution in [2.45, 2.75) is 27.2 Å². The quantitative estimate of drug-likeness (QED) is 0.609. The Labute approximate surface area is 102 Å². The van der Waals surface area contributed by atoms with E-state index in [-0.39, 0.29) is 6.42 Å². The lowest BCUT2D eigenvalue weighted by atomic mass is 10.1. The van der Waals surface area contributed by atoms with Crippen LogP contribution in [0.25, 0.3) is 0 Å². The summed E-state index contributed by atoms with van der Waals surface area (Å²) in [5, 5.41) is 8.44. The highest BCUT2D eigenvalue weighted by Crippen LogP contribution is 2.20. The average molecular weight is 237 g/mol. The van der Waals surface area contributed by atoms with Gasteiger partial charge in [0.2, 0.25) is 5.91 Å². The maximum absolute atomic E-state index is 11.0. The van der Waals surface area contributed by atoms with Crippen LogP contribution >= 0.6 is 0 Å². The van der Waals surface area contributed by atoms with Crippen molar-refractivity contribution in [3.8, 4) is 5.75 Å². The lowest BCUT2D eigenvalue weighted by Crippen LogP contribution is -2.20. The molecule has 0 aliphatic heterocycles. The third-order valence-corrected chi connectivity index (χ3v) is 2.30. The van der Waals surface area contributed by atoms with Crippen molar-refractivity contribution in [3.05, 3.63) is 29.3 Å². The van der Waals surface area contributed by atoms with E-state index in [9.17, 15) is 4.79 Å². The molecule has 1 rings (SSSR count). The Kier molecular flexibility index (Phi) is 4.97. The third kappa shape index (κ3) is 4.44. The fraction of sp³-hybridized carbons (Fsp3) is 0.462. The monoisotopic (exact) mass is 237 g/mol. The predicted octanol–water partition coefficient (Wildman–Crippen LogP) is 2.08. The molecule has 1 aromatic carbocycles. The van der Waals surface area contributed by atoms with Crippen LogP contribution in [-0.2, 0) is 11.2 Å². The maximum Gasteiger partial charge on any atom is 0.247 e. The number of carbonyl (C=O) groups is 1. The van der Waals surface area contributed by atoms with Crippen LogP contribution in [0.5, 0.6) is 5.75 Å². The topological polar surface area (TPSA) is 58.6 Å². The minimum atomic E-state index is -0.416. The molecule has 4 nitrogen and oxygen atoms in total. The fourth-order valence-electron chi connectivity index (χ4n) is 1.46. The zero-order valence-corrected chi connectivity index (χ0v) is 10.5. The van der Waals surface area contributed by atoms with E-state index in [0.29, 0.717) is 12.5 Å². The van der Waals surface area contributed by atoms with Crippen molar-refractivity contribution in [3.63, 3.8) is 0 Å². The molecule has 4 heteroatoms. The first kappa shape index (κ1) is 13.5. The Hall–Kier alpha value is -1.55. The molecule has 0 bridgehead atoms. The minimum Gasteiger partial charge on any atom is -0.493 e. The van der Waals surface area contributed by atoms with Crippen LogP contribution in [0.15, 0.2) is 18.2 Å². The molecule has 0 spiro atoms. The van der Waals surface area contributed by atoms with Crippen molar-refractivity contribution in [2.75, 3.05) is 6.61 Å². The van der Waals surface area contributed by atoms with Gasteiger partial charge in [0.15, 0.2) is 0 Å². The maximum atomic E-state index is 11.0. The summed E-state index contributed by atoms with van der Waals surface area (Å²) in [7, 11) is 0. The Balaban J connectivity index is 2.69. The van der Waals surface area contributed by atoms with Gasteiger partial charge in [0.25, 0.3) is 0 Å².